The second-order valence-electron chi connectivity index (χ2n) is 5.59. The molecule has 21 heavy (non-hydrogen) atoms. The van der Waals surface area contributed by atoms with Gasteiger partial charge in [0, 0.05) is 6.04 Å². The van der Waals surface area contributed by atoms with Crippen molar-refractivity contribution >= 4 is 0 Å². The molecule has 1 aliphatic carbocycles. The lowest BCUT2D eigenvalue weighted by Crippen LogP contribution is -2.33. The summed E-state index contributed by atoms with van der Waals surface area (Å²) in [5.41, 5.74) is 4.97. The summed E-state index contributed by atoms with van der Waals surface area (Å²) in [5.74, 6) is 0.543. The molecule has 1 fully saturated rings. The molecule has 0 radical (unpaired) electrons. The predicted octanol–water partition coefficient (Wildman–Crippen LogP) is 4.71. The van der Waals surface area contributed by atoms with E-state index >= 15 is 0 Å². The normalized spacial score (nSPS) is 15.9. The van der Waals surface area contributed by atoms with Crippen molar-refractivity contribution in [1.29, 1.82) is 0 Å². The molecule has 3 heteroatoms. The quantitative estimate of drug-likeness (QED) is 0.821. The van der Waals surface area contributed by atoms with Crippen molar-refractivity contribution in [2.45, 2.75) is 38.1 Å². The van der Waals surface area contributed by atoms with E-state index in [2.05, 4.69) is 5.48 Å². The lowest BCUT2D eigenvalue weighted by molar-refractivity contribution is 0.133. The highest BCUT2D eigenvalue weighted by Gasteiger charge is 2.13. The van der Waals surface area contributed by atoms with Crippen LogP contribution >= 0.6 is 0 Å². The molecule has 1 N–H and O–H groups in total. The van der Waals surface area contributed by atoms with Gasteiger partial charge in [0.05, 0.1) is 0 Å². The van der Waals surface area contributed by atoms with Gasteiger partial charge >= 0.3 is 0 Å². The predicted molar refractivity (Wildman–Crippen MR) is 82.5 cm³/mol. The maximum atomic E-state index is 13.3. The molecule has 2 aromatic rings. The Labute approximate surface area is 124 Å². The molecule has 0 aromatic heterocycles. The molecule has 0 saturated heterocycles. The van der Waals surface area contributed by atoms with Crippen molar-refractivity contribution in [1.82, 2.24) is 5.48 Å². The van der Waals surface area contributed by atoms with Gasteiger partial charge in [-0.2, -0.15) is 5.48 Å². The Bertz CT molecular complexity index is 593. The summed E-state index contributed by atoms with van der Waals surface area (Å²) in [5, 5.41) is 0. The van der Waals surface area contributed by atoms with Crippen LogP contribution < -0.4 is 10.3 Å². The minimum Gasteiger partial charge on any atom is -0.408 e. The first kappa shape index (κ1) is 14.1. The van der Waals surface area contributed by atoms with Gasteiger partial charge < -0.3 is 4.84 Å². The Hall–Kier alpha value is -1.87. The number of nitrogens with one attached hydrogen (secondary N) is 1. The van der Waals surface area contributed by atoms with E-state index in [1.807, 2.05) is 30.3 Å². The fourth-order valence-corrected chi connectivity index (χ4v) is 2.78. The van der Waals surface area contributed by atoms with E-state index in [0.29, 0.717) is 6.04 Å². The molecule has 0 bridgehead atoms. The van der Waals surface area contributed by atoms with E-state index in [0.717, 1.165) is 16.9 Å². The van der Waals surface area contributed by atoms with E-state index in [4.69, 9.17) is 4.84 Å². The third-order valence-corrected chi connectivity index (χ3v) is 3.94. The minimum atomic E-state index is -0.223. The zero-order valence-electron chi connectivity index (χ0n) is 12.0. The topological polar surface area (TPSA) is 21.3 Å². The Balaban J connectivity index is 1.68. The van der Waals surface area contributed by atoms with Crippen molar-refractivity contribution in [2.75, 3.05) is 0 Å². The lowest BCUT2D eigenvalue weighted by Gasteiger charge is -2.22. The highest BCUT2D eigenvalue weighted by atomic mass is 19.1. The molecule has 0 atom stereocenters. The van der Waals surface area contributed by atoms with Gasteiger partial charge in [-0.15, -0.1) is 0 Å². The second kappa shape index (κ2) is 6.72. The van der Waals surface area contributed by atoms with Crippen molar-refractivity contribution in [3.05, 3.63) is 54.3 Å². The van der Waals surface area contributed by atoms with Crippen LogP contribution in [0.5, 0.6) is 5.75 Å². The fraction of sp³-hybridized carbons (Fsp3) is 0.333. The van der Waals surface area contributed by atoms with Gasteiger partial charge in [0.1, 0.15) is 11.6 Å². The average molecular weight is 285 g/mol. The highest BCUT2D eigenvalue weighted by molar-refractivity contribution is 5.64. The molecule has 110 valence electrons. The van der Waals surface area contributed by atoms with Crippen LogP contribution in [-0.2, 0) is 0 Å². The first-order valence-corrected chi connectivity index (χ1v) is 7.60. The Morgan fingerprint density at radius 3 is 2.38 bits per heavy atom. The van der Waals surface area contributed by atoms with Crippen LogP contribution in [0.4, 0.5) is 4.39 Å². The SMILES string of the molecule is Fc1cccc(-c2cccc(ONC3CCCCC3)c2)c1. The van der Waals surface area contributed by atoms with Crippen molar-refractivity contribution < 1.29 is 9.23 Å². The zero-order chi connectivity index (χ0) is 14.5. The molecule has 2 aromatic carbocycles. The smallest absolute Gasteiger partial charge is 0.147 e. The van der Waals surface area contributed by atoms with E-state index in [1.165, 1.54) is 44.2 Å². The summed E-state index contributed by atoms with van der Waals surface area (Å²) in [6.07, 6.45) is 6.20. The molecule has 3 rings (SSSR count). The largest absolute Gasteiger partial charge is 0.408 e. The molecule has 0 amide bonds. The number of benzene rings is 2. The van der Waals surface area contributed by atoms with Gasteiger partial charge in [-0.3, -0.25) is 0 Å². The van der Waals surface area contributed by atoms with Crippen LogP contribution in [0.25, 0.3) is 11.1 Å². The summed E-state index contributed by atoms with van der Waals surface area (Å²) >= 11 is 0. The van der Waals surface area contributed by atoms with E-state index in [9.17, 15) is 4.39 Å². The third-order valence-electron chi connectivity index (χ3n) is 3.94. The summed E-state index contributed by atoms with van der Waals surface area (Å²) in [6, 6.07) is 14.8. The monoisotopic (exact) mass is 285 g/mol. The molecule has 0 unspecified atom stereocenters. The van der Waals surface area contributed by atoms with Gasteiger partial charge in [0.15, 0.2) is 0 Å². The van der Waals surface area contributed by atoms with Crippen molar-refractivity contribution in [2.24, 2.45) is 0 Å². The Kier molecular flexibility index (Phi) is 4.51. The summed E-state index contributed by atoms with van der Waals surface area (Å²) in [6.45, 7) is 0. The number of hydrogen-bond acceptors (Lipinski definition) is 2. The maximum absolute atomic E-state index is 13.3. The van der Waals surface area contributed by atoms with Crippen LogP contribution in [0.3, 0.4) is 0 Å². The lowest BCUT2D eigenvalue weighted by atomic mass is 9.96. The molecule has 1 saturated carbocycles. The van der Waals surface area contributed by atoms with Gasteiger partial charge in [-0.1, -0.05) is 43.5 Å². The van der Waals surface area contributed by atoms with Gasteiger partial charge in [-0.25, -0.2) is 4.39 Å². The van der Waals surface area contributed by atoms with Crippen LogP contribution in [0, 0.1) is 5.82 Å². The summed E-state index contributed by atoms with van der Waals surface area (Å²) in [7, 11) is 0. The number of hydroxylamine groups is 1. The molecule has 2 nitrogen and oxygen atoms in total. The van der Waals surface area contributed by atoms with Gasteiger partial charge in [0.25, 0.3) is 0 Å². The molecule has 0 heterocycles. The van der Waals surface area contributed by atoms with E-state index < -0.39 is 0 Å². The number of halogens is 1. The fourth-order valence-electron chi connectivity index (χ4n) is 2.78. The first-order valence-electron chi connectivity index (χ1n) is 7.60. The van der Waals surface area contributed by atoms with Crippen molar-refractivity contribution in [3.8, 4) is 16.9 Å². The summed E-state index contributed by atoms with van der Waals surface area (Å²) in [4.78, 5) is 5.69. The van der Waals surface area contributed by atoms with E-state index in [-0.39, 0.29) is 5.82 Å². The maximum Gasteiger partial charge on any atom is 0.147 e. The molecule has 1 aliphatic rings. The van der Waals surface area contributed by atoms with Crippen LogP contribution in [0.2, 0.25) is 0 Å². The van der Waals surface area contributed by atoms with Crippen LogP contribution in [0.15, 0.2) is 48.5 Å². The van der Waals surface area contributed by atoms with Crippen LogP contribution in [0.1, 0.15) is 32.1 Å². The van der Waals surface area contributed by atoms with E-state index in [1.54, 1.807) is 6.07 Å². The Morgan fingerprint density at radius 1 is 0.905 bits per heavy atom. The number of hydrogen-bond donors (Lipinski definition) is 1. The van der Waals surface area contributed by atoms with Gasteiger partial charge in [-0.05, 0) is 48.2 Å². The van der Waals surface area contributed by atoms with Crippen molar-refractivity contribution in [3.63, 3.8) is 0 Å². The molecule has 0 aliphatic heterocycles. The van der Waals surface area contributed by atoms with Gasteiger partial charge in [0.2, 0.25) is 0 Å². The second-order valence-corrected chi connectivity index (χ2v) is 5.59. The molecular weight excluding hydrogens is 265 g/mol. The molecular formula is C18H20FNO. The first-order chi connectivity index (χ1) is 10.3. The summed E-state index contributed by atoms with van der Waals surface area (Å²) < 4.78 is 13.3. The van der Waals surface area contributed by atoms with Crippen LogP contribution in [-0.4, -0.2) is 6.04 Å². The average Bonchev–Trinajstić information content (AvgIpc) is 2.54. The Morgan fingerprint density at radius 2 is 1.62 bits per heavy atom. The third kappa shape index (κ3) is 3.82. The number of rotatable bonds is 4. The minimum absolute atomic E-state index is 0.223. The standard InChI is InChI=1S/C18H20FNO/c19-16-8-4-6-14(12-16)15-7-5-11-18(13-15)21-20-17-9-2-1-3-10-17/h4-8,11-13,17,20H,1-3,9-10H2. The zero-order valence-corrected chi connectivity index (χ0v) is 12.0. The molecule has 0 spiro atoms. The highest BCUT2D eigenvalue weighted by Crippen LogP contribution is 2.24.